The average molecular weight is 454 g/mol. The second-order valence-electron chi connectivity index (χ2n) is 8.79. The maximum absolute atomic E-state index is 6.17. The van der Waals surface area contributed by atoms with Crippen molar-refractivity contribution in [2.75, 3.05) is 23.8 Å². The first-order chi connectivity index (χ1) is 16.7. The van der Waals surface area contributed by atoms with Crippen molar-refractivity contribution >= 4 is 17.5 Å². The van der Waals surface area contributed by atoms with E-state index >= 15 is 0 Å². The summed E-state index contributed by atoms with van der Waals surface area (Å²) in [6, 6.07) is 16.6. The highest BCUT2D eigenvalue weighted by Crippen LogP contribution is 2.40. The van der Waals surface area contributed by atoms with Crippen molar-refractivity contribution in [2.45, 2.75) is 38.5 Å². The Morgan fingerprint density at radius 1 is 1.06 bits per heavy atom. The summed E-state index contributed by atoms with van der Waals surface area (Å²) in [7, 11) is 0. The molecule has 8 heteroatoms. The van der Waals surface area contributed by atoms with Gasteiger partial charge < -0.3 is 15.4 Å². The van der Waals surface area contributed by atoms with Crippen molar-refractivity contribution in [1.82, 2.24) is 24.7 Å². The smallest absolute Gasteiger partial charge is 0.229 e. The summed E-state index contributed by atoms with van der Waals surface area (Å²) >= 11 is 0. The van der Waals surface area contributed by atoms with Gasteiger partial charge in [-0.25, -0.2) is 14.6 Å². The summed E-state index contributed by atoms with van der Waals surface area (Å²) in [5, 5.41) is 11.4. The number of nitrogens with zero attached hydrogens (tertiary/aromatic N) is 5. The summed E-state index contributed by atoms with van der Waals surface area (Å²) in [5.41, 5.74) is 5.39. The molecule has 172 valence electrons. The van der Waals surface area contributed by atoms with Gasteiger partial charge in [0.25, 0.3) is 0 Å². The molecule has 2 aliphatic rings. The molecular weight excluding hydrogens is 426 g/mol. The van der Waals surface area contributed by atoms with Crippen LogP contribution in [0, 0.1) is 6.92 Å². The molecule has 6 rings (SSSR count). The number of hydrogen-bond acceptors (Lipinski definition) is 7. The first-order valence-electron chi connectivity index (χ1n) is 11.9. The normalized spacial score (nSPS) is 17.3. The zero-order valence-electron chi connectivity index (χ0n) is 19.2. The average Bonchev–Trinajstić information content (AvgIpc) is 3.48. The number of rotatable bonds is 2. The number of hydrogen-bond donors (Lipinski definition) is 2. The molecule has 2 N–H and O–H groups in total. The molecule has 2 aromatic carbocycles. The van der Waals surface area contributed by atoms with Gasteiger partial charge in [0.05, 0.1) is 12.3 Å². The van der Waals surface area contributed by atoms with E-state index in [2.05, 4.69) is 51.0 Å². The Bertz CT molecular complexity index is 1320. The molecule has 4 aromatic rings. The van der Waals surface area contributed by atoms with Crippen molar-refractivity contribution in [2.24, 2.45) is 0 Å². The highest BCUT2D eigenvalue weighted by Gasteiger charge is 2.29. The van der Waals surface area contributed by atoms with Gasteiger partial charge in [-0.1, -0.05) is 30.3 Å². The molecule has 3 heterocycles. The lowest BCUT2D eigenvalue weighted by Crippen LogP contribution is -2.11. The second kappa shape index (κ2) is 8.78. The lowest BCUT2D eigenvalue weighted by Gasteiger charge is -2.16. The highest BCUT2D eigenvalue weighted by molar-refractivity contribution is 5.64. The molecule has 0 fully saturated rings. The minimum Gasteiger partial charge on any atom is -0.491 e. The Morgan fingerprint density at radius 2 is 1.97 bits per heavy atom. The van der Waals surface area contributed by atoms with Crippen LogP contribution < -0.4 is 15.4 Å². The van der Waals surface area contributed by atoms with Crippen LogP contribution in [0.5, 0.6) is 5.75 Å². The number of aryl methyl sites for hydroxylation is 1. The highest BCUT2D eigenvalue weighted by atomic mass is 16.5. The van der Waals surface area contributed by atoms with E-state index in [9.17, 15) is 0 Å². The quantitative estimate of drug-likeness (QED) is 0.452. The molecular formula is C26H27N7O. The van der Waals surface area contributed by atoms with Crippen LogP contribution in [0.25, 0.3) is 5.69 Å². The summed E-state index contributed by atoms with van der Waals surface area (Å²) in [5.74, 6) is 3.30. The predicted molar refractivity (Wildman–Crippen MR) is 131 cm³/mol. The summed E-state index contributed by atoms with van der Waals surface area (Å²) in [6.45, 7) is 3.35. The minimum atomic E-state index is 0.285. The van der Waals surface area contributed by atoms with Gasteiger partial charge in [-0.3, -0.25) is 0 Å². The number of nitrogens with one attached hydrogen (secondary N) is 2. The Balaban J connectivity index is 1.40. The molecule has 0 amide bonds. The number of benzene rings is 2. The molecule has 1 aliphatic carbocycles. The van der Waals surface area contributed by atoms with Gasteiger partial charge in [0.1, 0.15) is 29.4 Å². The monoisotopic (exact) mass is 453 g/mol. The zero-order chi connectivity index (χ0) is 22.9. The van der Waals surface area contributed by atoms with Gasteiger partial charge >= 0.3 is 0 Å². The fraction of sp³-hybridized carbons (Fsp3) is 0.308. The van der Waals surface area contributed by atoms with Crippen LogP contribution in [0.2, 0.25) is 0 Å². The molecule has 4 bridgehead atoms. The van der Waals surface area contributed by atoms with E-state index in [0.717, 1.165) is 66.7 Å². The third-order valence-corrected chi connectivity index (χ3v) is 6.44. The van der Waals surface area contributed by atoms with Gasteiger partial charge in [-0.2, -0.15) is 10.1 Å². The molecule has 1 aliphatic heterocycles. The van der Waals surface area contributed by atoms with Gasteiger partial charge in [-0.15, -0.1) is 0 Å². The first kappa shape index (κ1) is 20.7. The molecule has 2 aromatic heterocycles. The van der Waals surface area contributed by atoms with Crippen molar-refractivity contribution in [1.29, 1.82) is 0 Å². The fourth-order valence-corrected chi connectivity index (χ4v) is 4.78. The van der Waals surface area contributed by atoms with Gasteiger partial charge in [0.15, 0.2) is 0 Å². The van der Waals surface area contributed by atoms with Crippen LogP contribution >= 0.6 is 0 Å². The lowest BCUT2D eigenvalue weighted by molar-refractivity contribution is 0.307. The molecule has 0 saturated carbocycles. The second-order valence-corrected chi connectivity index (χ2v) is 8.79. The maximum Gasteiger partial charge on any atom is 0.229 e. The minimum absolute atomic E-state index is 0.285. The molecule has 34 heavy (non-hydrogen) atoms. The van der Waals surface area contributed by atoms with Crippen molar-refractivity contribution in [3.63, 3.8) is 0 Å². The van der Waals surface area contributed by atoms with Gasteiger partial charge in [-0.05, 0) is 50.3 Å². The van der Waals surface area contributed by atoms with Crippen LogP contribution in [0.4, 0.5) is 17.5 Å². The Kier molecular flexibility index (Phi) is 5.33. The summed E-state index contributed by atoms with van der Waals surface area (Å²) < 4.78 is 7.92. The number of fused-ring (bicyclic) bond motifs is 6. The van der Waals surface area contributed by atoms with E-state index in [4.69, 9.17) is 14.7 Å². The van der Waals surface area contributed by atoms with E-state index in [1.165, 1.54) is 11.1 Å². The van der Waals surface area contributed by atoms with Crippen LogP contribution in [-0.2, 0) is 6.42 Å². The van der Waals surface area contributed by atoms with Crippen LogP contribution in [-0.4, -0.2) is 37.9 Å². The largest absolute Gasteiger partial charge is 0.491 e. The summed E-state index contributed by atoms with van der Waals surface area (Å²) in [6.07, 6.45) is 5.67. The zero-order valence-corrected chi connectivity index (χ0v) is 19.2. The fourth-order valence-electron chi connectivity index (χ4n) is 4.78. The van der Waals surface area contributed by atoms with Crippen LogP contribution in [0.15, 0.2) is 54.9 Å². The van der Waals surface area contributed by atoms with Crippen LogP contribution in [0.3, 0.4) is 0 Å². The Morgan fingerprint density at radius 3 is 2.82 bits per heavy atom. The standard InChI is InChI=1S/C26H27N7O/c1-17-28-16-33(32-17)22-12-9-19-15-23(22)34-14-6-5-13-27-25-21-11-10-20(18-7-3-2-4-8-18)24(21)30-26(29-19)31-25/h2-4,7-9,12,15-16,20H,5-6,10-11,13-14H2,1H3,(H2,27,29,30,31). The van der Waals surface area contributed by atoms with Crippen molar-refractivity contribution in [3.8, 4) is 11.4 Å². The van der Waals surface area contributed by atoms with E-state index in [0.29, 0.717) is 12.6 Å². The number of anilines is 3. The van der Waals surface area contributed by atoms with Crippen molar-refractivity contribution < 1.29 is 4.74 Å². The molecule has 0 saturated heterocycles. The molecule has 0 radical (unpaired) electrons. The van der Waals surface area contributed by atoms with Gasteiger partial charge in [0.2, 0.25) is 5.95 Å². The third-order valence-electron chi connectivity index (χ3n) is 6.44. The predicted octanol–water partition coefficient (Wildman–Crippen LogP) is 4.77. The first-order valence-corrected chi connectivity index (χ1v) is 11.9. The Hall–Kier alpha value is -3.94. The molecule has 0 spiro atoms. The topological polar surface area (TPSA) is 89.8 Å². The van der Waals surface area contributed by atoms with E-state index < -0.39 is 0 Å². The van der Waals surface area contributed by atoms with Crippen molar-refractivity contribution in [3.05, 3.63) is 77.5 Å². The van der Waals surface area contributed by atoms with E-state index in [-0.39, 0.29) is 5.92 Å². The molecule has 8 nitrogen and oxygen atoms in total. The molecule has 1 atom stereocenters. The maximum atomic E-state index is 6.17. The van der Waals surface area contributed by atoms with Crippen LogP contribution in [0.1, 0.15) is 47.8 Å². The lowest BCUT2D eigenvalue weighted by atomic mass is 9.97. The van der Waals surface area contributed by atoms with E-state index in [1.54, 1.807) is 11.0 Å². The molecule has 1 unspecified atom stereocenters. The van der Waals surface area contributed by atoms with Gasteiger partial charge in [0, 0.05) is 29.8 Å². The Labute approximate surface area is 198 Å². The van der Waals surface area contributed by atoms with E-state index in [1.807, 2.05) is 25.1 Å². The number of aromatic nitrogens is 5. The summed E-state index contributed by atoms with van der Waals surface area (Å²) in [4.78, 5) is 14.1. The third kappa shape index (κ3) is 3.96. The SMILES string of the molecule is Cc1ncn(-c2ccc3cc2OCCCCNc2nc(nc4c2CCC4c2ccccc2)N3)n1. The number of ether oxygens (including phenoxy) is 1.